The number of ether oxygens (including phenoxy) is 1. The molecule has 0 radical (unpaired) electrons. The maximum atomic E-state index is 11.0. The third kappa shape index (κ3) is 4.93. The van der Waals surface area contributed by atoms with Crippen molar-refractivity contribution in [2.75, 3.05) is 45.9 Å². The van der Waals surface area contributed by atoms with Gasteiger partial charge >= 0.3 is 0 Å². The number of carbonyl (C=O) groups is 1. The van der Waals surface area contributed by atoms with Crippen LogP contribution in [0.3, 0.4) is 0 Å². The van der Waals surface area contributed by atoms with Crippen molar-refractivity contribution in [2.45, 2.75) is 13.0 Å². The van der Waals surface area contributed by atoms with Crippen molar-refractivity contribution >= 4 is 27.7 Å². The van der Waals surface area contributed by atoms with Gasteiger partial charge in [-0.05, 0) is 23.8 Å². The van der Waals surface area contributed by atoms with Gasteiger partial charge in [0.2, 0.25) is 5.91 Å². The van der Waals surface area contributed by atoms with E-state index in [0.29, 0.717) is 13.0 Å². The van der Waals surface area contributed by atoms with Crippen LogP contribution in [0.25, 0.3) is 21.8 Å². The molecule has 0 aliphatic carbocycles. The van der Waals surface area contributed by atoms with Gasteiger partial charge in [0.1, 0.15) is 12.4 Å². The number of aromatic nitrogens is 1. The van der Waals surface area contributed by atoms with Crippen molar-refractivity contribution in [3.63, 3.8) is 0 Å². The lowest BCUT2D eigenvalue weighted by atomic mass is 10.1. The normalized spacial score (nSPS) is 15.2. The zero-order valence-electron chi connectivity index (χ0n) is 19.5. The molecule has 1 saturated heterocycles. The van der Waals surface area contributed by atoms with Crippen molar-refractivity contribution < 1.29 is 9.53 Å². The summed E-state index contributed by atoms with van der Waals surface area (Å²) in [6.45, 7) is 7.04. The van der Waals surface area contributed by atoms with Gasteiger partial charge in [-0.25, -0.2) is 0 Å². The second-order valence-corrected chi connectivity index (χ2v) is 8.99. The van der Waals surface area contributed by atoms with Crippen molar-refractivity contribution in [1.29, 1.82) is 0 Å². The molecule has 4 aromatic rings. The van der Waals surface area contributed by atoms with E-state index >= 15 is 0 Å². The van der Waals surface area contributed by atoms with Crippen LogP contribution in [-0.2, 0) is 11.3 Å². The molecule has 2 N–H and O–H groups in total. The molecular formula is C28H32N4O2. The number of nitrogens with two attached hydrogens (primary N) is 1. The molecule has 0 saturated carbocycles. The molecule has 1 aromatic heterocycles. The number of hydrogen-bond acceptors (Lipinski definition) is 4. The Morgan fingerprint density at radius 3 is 2.24 bits per heavy atom. The largest absolute Gasteiger partial charge is 0.492 e. The van der Waals surface area contributed by atoms with E-state index in [-0.39, 0.29) is 5.91 Å². The molecule has 6 heteroatoms. The number of primary amides is 1. The Morgan fingerprint density at radius 2 is 1.47 bits per heavy atom. The van der Waals surface area contributed by atoms with Crippen LogP contribution < -0.4 is 10.5 Å². The third-order valence-corrected chi connectivity index (χ3v) is 6.75. The number of para-hydroxylation sites is 1. The lowest BCUT2D eigenvalue weighted by molar-refractivity contribution is -0.118. The summed E-state index contributed by atoms with van der Waals surface area (Å²) in [5, 5.41) is 2.41. The molecular weight excluding hydrogens is 424 g/mol. The number of amides is 1. The van der Waals surface area contributed by atoms with Gasteiger partial charge in [-0.3, -0.25) is 9.69 Å². The lowest BCUT2D eigenvalue weighted by Gasteiger charge is -2.34. The molecule has 0 bridgehead atoms. The summed E-state index contributed by atoms with van der Waals surface area (Å²) in [6, 6.07) is 25.6. The fourth-order valence-electron chi connectivity index (χ4n) is 4.91. The highest BCUT2D eigenvalue weighted by Crippen LogP contribution is 2.36. The van der Waals surface area contributed by atoms with Gasteiger partial charge in [-0.15, -0.1) is 0 Å². The van der Waals surface area contributed by atoms with Crippen LogP contribution in [0.5, 0.6) is 5.75 Å². The van der Waals surface area contributed by atoms with E-state index in [1.165, 1.54) is 27.4 Å². The van der Waals surface area contributed by atoms with E-state index in [9.17, 15) is 4.79 Å². The first-order valence-corrected chi connectivity index (χ1v) is 12.1. The van der Waals surface area contributed by atoms with E-state index in [1.54, 1.807) is 0 Å². The van der Waals surface area contributed by atoms with Crippen molar-refractivity contribution in [2.24, 2.45) is 5.73 Å². The van der Waals surface area contributed by atoms with Gasteiger partial charge in [-0.1, -0.05) is 54.6 Å². The smallest absolute Gasteiger partial charge is 0.218 e. The summed E-state index contributed by atoms with van der Waals surface area (Å²) in [5.41, 5.74) is 8.99. The molecule has 5 rings (SSSR count). The fraction of sp³-hybridized carbons (Fsp3) is 0.321. The highest BCUT2D eigenvalue weighted by atomic mass is 16.5. The van der Waals surface area contributed by atoms with E-state index in [2.05, 4.69) is 87.2 Å². The Morgan fingerprint density at radius 1 is 0.794 bits per heavy atom. The maximum absolute atomic E-state index is 11.0. The number of rotatable bonds is 9. The van der Waals surface area contributed by atoms with Gasteiger partial charge < -0.3 is 19.9 Å². The topological polar surface area (TPSA) is 63.7 Å². The van der Waals surface area contributed by atoms with Gasteiger partial charge in [0.15, 0.2) is 0 Å². The minimum absolute atomic E-state index is 0.227. The van der Waals surface area contributed by atoms with Crippen LogP contribution in [-0.4, -0.2) is 66.1 Å². The Kier molecular flexibility index (Phi) is 6.79. The Hall–Kier alpha value is -3.35. The highest BCUT2D eigenvalue weighted by molar-refractivity contribution is 6.11. The predicted molar refractivity (Wildman–Crippen MR) is 137 cm³/mol. The predicted octanol–water partition coefficient (Wildman–Crippen LogP) is 3.71. The summed E-state index contributed by atoms with van der Waals surface area (Å²) in [6.07, 6.45) is 0.436. The third-order valence-electron chi connectivity index (χ3n) is 6.75. The Bertz CT molecular complexity index is 1260. The van der Waals surface area contributed by atoms with Crippen LogP contribution in [0.4, 0.5) is 0 Å². The van der Waals surface area contributed by atoms with E-state index in [1.807, 2.05) is 0 Å². The van der Waals surface area contributed by atoms with Crippen molar-refractivity contribution in [3.8, 4) is 5.75 Å². The molecule has 2 heterocycles. The molecule has 0 spiro atoms. The molecule has 3 aromatic carbocycles. The summed E-state index contributed by atoms with van der Waals surface area (Å²) < 4.78 is 8.76. The zero-order chi connectivity index (χ0) is 23.3. The van der Waals surface area contributed by atoms with Crippen LogP contribution in [0.1, 0.15) is 12.0 Å². The monoisotopic (exact) mass is 456 g/mol. The molecule has 176 valence electrons. The minimum atomic E-state index is -0.227. The molecule has 1 aliphatic heterocycles. The molecule has 0 unspecified atom stereocenters. The molecule has 0 atom stereocenters. The summed E-state index contributed by atoms with van der Waals surface area (Å²) in [4.78, 5) is 15.8. The average Bonchev–Trinajstić information content (AvgIpc) is 3.18. The minimum Gasteiger partial charge on any atom is -0.492 e. The van der Waals surface area contributed by atoms with Crippen molar-refractivity contribution in [3.05, 3.63) is 78.4 Å². The second-order valence-electron chi connectivity index (χ2n) is 8.99. The van der Waals surface area contributed by atoms with Crippen LogP contribution >= 0.6 is 0 Å². The SMILES string of the molecule is NC(=O)CCN1CCN(CCOc2cccc3c2c2ccccc2n3Cc2ccccc2)CC1. The maximum Gasteiger partial charge on any atom is 0.218 e. The molecule has 6 nitrogen and oxygen atoms in total. The number of fused-ring (bicyclic) bond motifs is 3. The van der Waals surface area contributed by atoms with Crippen molar-refractivity contribution in [1.82, 2.24) is 14.4 Å². The number of nitrogens with zero attached hydrogens (tertiary/aromatic N) is 3. The van der Waals surface area contributed by atoms with Crippen LogP contribution in [0, 0.1) is 0 Å². The van der Waals surface area contributed by atoms with Crippen LogP contribution in [0.2, 0.25) is 0 Å². The first-order chi connectivity index (χ1) is 16.7. The number of carbonyl (C=O) groups excluding carboxylic acids is 1. The highest BCUT2D eigenvalue weighted by Gasteiger charge is 2.18. The summed E-state index contributed by atoms with van der Waals surface area (Å²) in [7, 11) is 0. The van der Waals surface area contributed by atoms with E-state index in [0.717, 1.165) is 51.6 Å². The number of hydrogen-bond donors (Lipinski definition) is 1. The standard InChI is InChI=1S/C28H32N4O2/c29-27(33)13-14-30-15-17-31(18-16-30)19-20-34-26-12-6-11-25-28(26)23-9-4-5-10-24(23)32(25)21-22-7-2-1-3-8-22/h1-12H,13-21H2,(H2,29,33). The van der Waals surface area contributed by atoms with Gasteiger partial charge in [0.05, 0.1) is 5.52 Å². The van der Waals surface area contributed by atoms with Gasteiger partial charge in [0.25, 0.3) is 0 Å². The van der Waals surface area contributed by atoms with E-state index in [4.69, 9.17) is 10.5 Å². The molecule has 1 fully saturated rings. The van der Waals surface area contributed by atoms with Gasteiger partial charge in [0, 0.05) is 68.5 Å². The quantitative estimate of drug-likeness (QED) is 0.417. The summed E-state index contributed by atoms with van der Waals surface area (Å²) >= 11 is 0. The number of piperazine rings is 1. The fourth-order valence-corrected chi connectivity index (χ4v) is 4.91. The molecule has 1 amide bonds. The molecule has 1 aliphatic rings. The Labute approximate surface area is 200 Å². The average molecular weight is 457 g/mol. The molecule has 34 heavy (non-hydrogen) atoms. The van der Waals surface area contributed by atoms with E-state index < -0.39 is 0 Å². The number of benzene rings is 3. The lowest BCUT2D eigenvalue weighted by Crippen LogP contribution is -2.48. The van der Waals surface area contributed by atoms with Crippen LogP contribution in [0.15, 0.2) is 72.8 Å². The first-order valence-electron chi connectivity index (χ1n) is 12.1. The summed E-state index contributed by atoms with van der Waals surface area (Å²) in [5.74, 6) is 0.718. The Balaban J connectivity index is 1.29. The zero-order valence-corrected chi connectivity index (χ0v) is 19.5. The van der Waals surface area contributed by atoms with Gasteiger partial charge in [-0.2, -0.15) is 0 Å². The second kappa shape index (κ2) is 10.3. The first kappa shape index (κ1) is 22.4.